The molecule has 1 atom stereocenters. The normalized spacial score (nSPS) is 22.3. The van der Waals surface area contributed by atoms with Crippen LogP contribution in [-0.4, -0.2) is 67.7 Å². The van der Waals surface area contributed by atoms with Gasteiger partial charge in [-0.3, -0.25) is 4.90 Å². The van der Waals surface area contributed by atoms with E-state index in [9.17, 15) is 4.79 Å². The van der Waals surface area contributed by atoms with Gasteiger partial charge in [-0.1, -0.05) is 25.1 Å². The van der Waals surface area contributed by atoms with Crippen molar-refractivity contribution in [3.63, 3.8) is 0 Å². The van der Waals surface area contributed by atoms with E-state index in [1.165, 1.54) is 23.8 Å². The van der Waals surface area contributed by atoms with Crippen LogP contribution < -0.4 is 0 Å². The Bertz CT molecular complexity index is 582. The molecule has 1 aromatic rings. The summed E-state index contributed by atoms with van der Waals surface area (Å²) in [6.45, 7) is 8.49. The molecule has 0 saturated carbocycles. The zero-order valence-electron chi connectivity index (χ0n) is 15.1. The summed E-state index contributed by atoms with van der Waals surface area (Å²) in [6.07, 6.45) is 1.62. The van der Waals surface area contributed by atoms with E-state index in [-0.39, 0.29) is 12.1 Å². The molecule has 0 aliphatic carbocycles. The predicted octanol–water partition coefficient (Wildman–Crippen LogP) is 2.51. The largest absolute Gasteiger partial charge is 0.453 e. The maximum absolute atomic E-state index is 12.0. The molecule has 0 aromatic heterocycles. The molecule has 1 fully saturated rings. The van der Waals surface area contributed by atoms with E-state index in [2.05, 4.69) is 42.0 Å². The fourth-order valence-electron chi connectivity index (χ4n) is 3.90. The summed E-state index contributed by atoms with van der Waals surface area (Å²) >= 11 is 0. The summed E-state index contributed by atoms with van der Waals surface area (Å²) in [5.74, 6) is 0. The van der Waals surface area contributed by atoms with E-state index in [1.807, 2.05) is 4.90 Å². The molecule has 0 bridgehead atoms. The highest BCUT2D eigenvalue weighted by Crippen LogP contribution is 2.33. The lowest BCUT2D eigenvalue weighted by atomic mass is 9.90. The lowest BCUT2D eigenvalue weighted by Crippen LogP contribution is -2.44. The Kier molecular flexibility index (Phi) is 5.41. The van der Waals surface area contributed by atoms with E-state index in [4.69, 9.17) is 4.74 Å². The van der Waals surface area contributed by atoms with Gasteiger partial charge >= 0.3 is 6.09 Å². The van der Waals surface area contributed by atoms with E-state index in [0.717, 1.165) is 52.1 Å². The molecule has 1 amide bonds. The fraction of sp³-hybridized carbons (Fsp3) is 0.632. The van der Waals surface area contributed by atoms with Crippen LogP contribution in [-0.2, 0) is 17.7 Å². The Morgan fingerprint density at radius 3 is 2.62 bits per heavy atom. The second-order valence-corrected chi connectivity index (χ2v) is 6.95. The Hall–Kier alpha value is -1.59. The van der Waals surface area contributed by atoms with Crippen molar-refractivity contribution in [1.29, 1.82) is 0 Å². The highest BCUT2D eigenvalue weighted by atomic mass is 16.5. The Balaban J connectivity index is 1.73. The van der Waals surface area contributed by atoms with Gasteiger partial charge in [-0.25, -0.2) is 4.79 Å². The number of carbonyl (C=O) groups excluding carboxylic acids is 1. The van der Waals surface area contributed by atoms with Crippen molar-refractivity contribution in [3.8, 4) is 0 Å². The number of methoxy groups -OCH3 is 1. The number of nitrogens with zero attached hydrogens (tertiary/aromatic N) is 3. The summed E-state index contributed by atoms with van der Waals surface area (Å²) < 4.78 is 4.95. The molecule has 0 radical (unpaired) electrons. The van der Waals surface area contributed by atoms with Gasteiger partial charge in [0.25, 0.3) is 0 Å². The van der Waals surface area contributed by atoms with Crippen molar-refractivity contribution in [2.45, 2.75) is 32.4 Å². The molecule has 0 spiro atoms. The molecule has 3 rings (SSSR count). The van der Waals surface area contributed by atoms with Gasteiger partial charge in [-0.2, -0.15) is 0 Å². The number of ether oxygens (including phenoxy) is 1. The third-order valence-electron chi connectivity index (χ3n) is 5.36. The third-order valence-corrected chi connectivity index (χ3v) is 5.36. The van der Waals surface area contributed by atoms with Crippen LogP contribution in [0.3, 0.4) is 0 Å². The SMILES string of the molecule is CCC1c2ccc(CN3CCN(C)CC3)cc2CCN1C(=O)OC. The van der Waals surface area contributed by atoms with Crippen molar-refractivity contribution >= 4 is 6.09 Å². The highest BCUT2D eigenvalue weighted by Gasteiger charge is 2.30. The molecule has 2 heterocycles. The predicted molar refractivity (Wildman–Crippen MR) is 95.1 cm³/mol. The first-order valence-electron chi connectivity index (χ1n) is 8.99. The van der Waals surface area contributed by atoms with Gasteiger partial charge in [0.2, 0.25) is 0 Å². The van der Waals surface area contributed by atoms with Gasteiger partial charge in [0, 0.05) is 39.3 Å². The standard InChI is InChI=1S/C19H29N3O2/c1-4-18-17-6-5-15(14-21-11-9-20(2)10-12-21)13-16(17)7-8-22(18)19(23)24-3/h5-6,13,18H,4,7-12,14H2,1-3H3. The van der Waals surface area contributed by atoms with Crippen LogP contribution in [0.4, 0.5) is 4.79 Å². The van der Waals surface area contributed by atoms with Crippen molar-refractivity contribution in [2.24, 2.45) is 0 Å². The molecule has 5 heteroatoms. The number of hydrogen-bond acceptors (Lipinski definition) is 4. The van der Waals surface area contributed by atoms with E-state index in [0.29, 0.717) is 0 Å². The molecule has 132 valence electrons. The average Bonchev–Trinajstić information content (AvgIpc) is 2.61. The number of carbonyl (C=O) groups is 1. The van der Waals surface area contributed by atoms with Crippen LogP contribution in [0.15, 0.2) is 18.2 Å². The Morgan fingerprint density at radius 2 is 1.96 bits per heavy atom. The zero-order valence-corrected chi connectivity index (χ0v) is 15.1. The van der Waals surface area contributed by atoms with Crippen molar-refractivity contribution in [2.75, 3.05) is 46.9 Å². The summed E-state index contributed by atoms with van der Waals surface area (Å²) in [5.41, 5.74) is 4.07. The number of fused-ring (bicyclic) bond motifs is 1. The second-order valence-electron chi connectivity index (χ2n) is 6.95. The third kappa shape index (κ3) is 3.57. The molecule has 1 unspecified atom stereocenters. The number of hydrogen-bond donors (Lipinski definition) is 0. The minimum Gasteiger partial charge on any atom is -0.453 e. The average molecular weight is 331 g/mol. The van der Waals surface area contributed by atoms with Crippen LogP contribution in [0, 0.1) is 0 Å². The smallest absolute Gasteiger partial charge is 0.410 e. The van der Waals surface area contributed by atoms with Crippen LogP contribution >= 0.6 is 0 Å². The molecular formula is C19H29N3O2. The highest BCUT2D eigenvalue weighted by molar-refractivity contribution is 5.69. The first-order chi connectivity index (χ1) is 11.6. The van der Waals surface area contributed by atoms with Gasteiger partial charge in [0.1, 0.15) is 0 Å². The molecule has 1 aromatic carbocycles. The number of benzene rings is 1. The van der Waals surface area contributed by atoms with Crippen LogP contribution in [0.1, 0.15) is 36.1 Å². The summed E-state index contributed by atoms with van der Waals surface area (Å²) in [5, 5.41) is 0. The van der Waals surface area contributed by atoms with Crippen LogP contribution in [0.5, 0.6) is 0 Å². The molecule has 5 nitrogen and oxygen atoms in total. The van der Waals surface area contributed by atoms with Gasteiger partial charge < -0.3 is 14.5 Å². The van der Waals surface area contributed by atoms with Gasteiger partial charge in [0.15, 0.2) is 0 Å². The molecular weight excluding hydrogens is 302 g/mol. The molecule has 2 aliphatic heterocycles. The fourth-order valence-corrected chi connectivity index (χ4v) is 3.90. The zero-order chi connectivity index (χ0) is 17.1. The first-order valence-corrected chi connectivity index (χ1v) is 8.99. The minimum absolute atomic E-state index is 0.138. The number of amides is 1. The summed E-state index contributed by atoms with van der Waals surface area (Å²) in [6, 6.07) is 6.95. The molecule has 2 aliphatic rings. The van der Waals surface area contributed by atoms with Crippen LogP contribution in [0.25, 0.3) is 0 Å². The number of likely N-dealkylation sites (N-methyl/N-ethyl adjacent to an activating group) is 1. The van der Waals surface area contributed by atoms with E-state index >= 15 is 0 Å². The summed E-state index contributed by atoms with van der Waals surface area (Å²) in [7, 11) is 3.65. The lowest BCUT2D eigenvalue weighted by molar-refractivity contribution is 0.0995. The lowest BCUT2D eigenvalue weighted by Gasteiger charge is -2.36. The van der Waals surface area contributed by atoms with Gasteiger partial charge in [-0.15, -0.1) is 0 Å². The maximum Gasteiger partial charge on any atom is 0.410 e. The maximum atomic E-state index is 12.0. The second kappa shape index (κ2) is 7.53. The Labute approximate surface area is 145 Å². The topological polar surface area (TPSA) is 36.0 Å². The van der Waals surface area contributed by atoms with Crippen molar-refractivity contribution < 1.29 is 9.53 Å². The molecule has 1 saturated heterocycles. The quantitative estimate of drug-likeness (QED) is 0.853. The Morgan fingerprint density at radius 1 is 1.21 bits per heavy atom. The number of rotatable bonds is 3. The first kappa shape index (κ1) is 17.2. The molecule has 0 N–H and O–H groups in total. The van der Waals surface area contributed by atoms with Gasteiger partial charge in [0.05, 0.1) is 13.2 Å². The van der Waals surface area contributed by atoms with E-state index in [1.54, 1.807) is 0 Å². The number of piperazine rings is 1. The van der Waals surface area contributed by atoms with Crippen LogP contribution in [0.2, 0.25) is 0 Å². The molecule has 24 heavy (non-hydrogen) atoms. The van der Waals surface area contributed by atoms with E-state index < -0.39 is 0 Å². The van der Waals surface area contributed by atoms with Crippen molar-refractivity contribution in [1.82, 2.24) is 14.7 Å². The van der Waals surface area contributed by atoms with Gasteiger partial charge in [-0.05, 0) is 36.6 Å². The van der Waals surface area contributed by atoms with Crippen molar-refractivity contribution in [3.05, 3.63) is 34.9 Å². The summed E-state index contributed by atoms with van der Waals surface area (Å²) in [4.78, 5) is 18.8. The monoisotopic (exact) mass is 331 g/mol. The minimum atomic E-state index is -0.214.